The summed E-state index contributed by atoms with van der Waals surface area (Å²) in [4.78, 5) is 11.6. The molecule has 1 aromatic heterocycles. The summed E-state index contributed by atoms with van der Waals surface area (Å²) >= 11 is 0. The van der Waals surface area contributed by atoms with Crippen LogP contribution in [0.3, 0.4) is 0 Å². The van der Waals surface area contributed by atoms with Crippen LogP contribution in [0.5, 0.6) is 0 Å². The molecular formula is C11H8FN3O2. The first-order chi connectivity index (χ1) is 8.16. The number of rotatable bonds is 3. The zero-order chi connectivity index (χ0) is 12.3. The minimum atomic E-state index is -1.63. The Morgan fingerprint density at radius 1 is 1.35 bits per heavy atom. The van der Waals surface area contributed by atoms with Gasteiger partial charge in [-0.2, -0.15) is 14.3 Å². The molecule has 1 N–H and O–H groups in total. The van der Waals surface area contributed by atoms with Crippen LogP contribution >= 0.6 is 0 Å². The van der Waals surface area contributed by atoms with Crippen molar-refractivity contribution in [1.82, 2.24) is 15.0 Å². The molecule has 0 aliphatic heterocycles. The Hall–Kier alpha value is -2.50. The molecule has 86 valence electrons. The van der Waals surface area contributed by atoms with Crippen molar-refractivity contribution in [3.63, 3.8) is 0 Å². The van der Waals surface area contributed by atoms with E-state index in [1.807, 2.05) is 18.2 Å². The number of carboxylic acids is 1. The fourth-order valence-corrected chi connectivity index (χ4v) is 1.22. The molecule has 0 radical (unpaired) electrons. The lowest BCUT2D eigenvalue weighted by Gasteiger charge is -1.96. The van der Waals surface area contributed by atoms with Crippen molar-refractivity contribution in [2.75, 3.05) is 0 Å². The van der Waals surface area contributed by atoms with E-state index in [0.29, 0.717) is 5.69 Å². The van der Waals surface area contributed by atoms with Crippen LogP contribution in [-0.2, 0) is 4.79 Å². The third kappa shape index (κ3) is 2.54. The predicted molar refractivity (Wildman–Crippen MR) is 58.1 cm³/mol. The zero-order valence-electron chi connectivity index (χ0n) is 8.62. The molecule has 2 aromatic rings. The molecule has 1 aromatic carbocycles. The average Bonchev–Trinajstić information content (AvgIpc) is 2.78. The van der Waals surface area contributed by atoms with Gasteiger partial charge in [0.2, 0.25) is 5.83 Å². The molecule has 0 aliphatic rings. The Bertz CT molecular complexity index is 563. The van der Waals surface area contributed by atoms with Crippen LogP contribution in [0.15, 0.2) is 42.4 Å². The van der Waals surface area contributed by atoms with Crippen LogP contribution in [0.1, 0.15) is 5.69 Å². The normalized spacial score (nSPS) is 11.5. The summed E-state index contributed by atoms with van der Waals surface area (Å²) < 4.78 is 12.8. The molecule has 5 nitrogen and oxygen atoms in total. The summed E-state index contributed by atoms with van der Waals surface area (Å²) in [6, 6.07) is 9.03. The van der Waals surface area contributed by atoms with Gasteiger partial charge in [0.05, 0.1) is 11.9 Å². The monoisotopic (exact) mass is 233 g/mol. The smallest absolute Gasteiger partial charge is 0.364 e. The third-order valence-electron chi connectivity index (χ3n) is 1.98. The number of aromatic nitrogens is 3. The molecule has 0 saturated heterocycles. The van der Waals surface area contributed by atoms with E-state index in [-0.39, 0.29) is 5.69 Å². The topological polar surface area (TPSA) is 68.0 Å². The lowest BCUT2D eigenvalue weighted by atomic mass is 10.3. The summed E-state index contributed by atoms with van der Waals surface area (Å²) in [5.74, 6) is -2.90. The van der Waals surface area contributed by atoms with Gasteiger partial charge in [-0.1, -0.05) is 18.2 Å². The third-order valence-corrected chi connectivity index (χ3v) is 1.98. The minimum Gasteiger partial charge on any atom is -0.476 e. The average molecular weight is 233 g/mol. The highest BCUT2D eigenvalue weighted by Crippen LogP contribution is 2.07. The van der Waals surface area contributed by atoms with E-state index in [2.05, 4.69) is 10.2 Å². The standard InChI is InChI=1S/C11H8FN3O2/c12-10(11(16)17)6-8-7-13-15(14-8)9-4-2-1-3-5-9/h1-7H,(H,16,17). The van der Waals surface area contributed by atoms with Gasteiger partial charge in [-0.15, -0.1) is 5.10 Å². The van der Waals surface area contributed by atoms with Gasteiger partial charge >= 0.3 is 5.97 Å². The van der Waals surface area contributed by atoms with E-state index in [9.17, 15) is 9.18 Å². The van der Waals surface area contributed by atoms with Gasteiger partial charge in [0, 0.05) is 6.08 Å². The number of hydrogen-bond donors (Lipinski definition) is 1. The van der Waals surface area contributed by atoms with Crippen LogP contribution in [0, 0.1) is 0 Å². The van der Waals surface area contributed by atoms with Crippen LogP contribution in [-0.4, -0.2) is 26.1 Å². The summed E-state index contributed by atoms with van der Waals surface area (Å²) in [6.07, 6.45) is 2.10. The molecule has 1 heterocycles. The number of para-hydroxylation sites is 1. The molecule has 0 saturated carbocycles. The molecule has 0 unspecified atom stereocenters. The summed E-state index contributed by atoms with van der Waals surface area (Å²) in [7, 11) is 0. The summed E-state index contributed by atoms with van der Waals surface area (Å²) in [5, 5.41) is 16.2. The Morgan fingerprint density at radius 2 is 2.06 bits per heavy atom. The van der Waals surface area contributed by atoms with E-state index in [1.165, 1.54) is 11.0 Å². The predicted octanol–water partition coefficient (Wildman–Crippen LogP) is 1.66. The molecule has 0 fully saturated rings. The first-order valence-electron chi connectivity index (χ1n) is 4.75. The summed E-state index contributed by atoms with van der Waals surface area (Å²) in [6.45, 7) is 0. The first kappa shape index (κ1) is 11.0. The highest BCUT2D eigenvalue weighted by molar-refractivity contribution is 5.89. The van der Waals surface area contributed by atoms with Crippen molar-refractivity contribution in [3.05, 3.63) is 48.0 Å². The Morgan fingerprint density at radius 3 is 2.71 bits per heavy atom. The Labute approximate surface area is 95.8 Å². The lowest BCUT2D eigenvalue weighted by Crippen LogP contribution is -1.98. The Kier molecular flexibility index (Phi) is 2.95. The second-order valence-corrected chi connectivity index (χ2v) is 3.19. The highest BCUT2D eigenvalue weighted by atomic mass is 19.1. The van der Waals surface area contributed by atoms with Crippen LogP contribution < -0.4 is 0 Å². The van der Waals surface area contributed by atoms with Gasteiger partial charge in [-0.05, 0) is 12.1 Å². The van der Waals surface area contributed by atoms with E-state index in [4.69, 9.17) is 5.11 Å². The van der Waals surface area contributed by atoms with E-state index in [1.54, 1.807) is 12.1 Å². The molecule has 17 heavy (non-hydrogen) atoms. The van der Waals surface area contributed by atoms with Crippen molar-refractivity contribution >= 4 is 12.0 Å². The second kappa shape index (κ2) is 4.56. The van der Waals surface area contributed by atoms with Gasteiger partial charge in [0.15, 0.2) is 0 Å². The number of hydrogen-bond acceptors (Lipinski definition) is 3. The van der Waals surface area contributed by atoms with Crippen LogP contribution in [0.25, 0.3) is 11.8 Å². The molecule has 2 rings (SSSR count). The maximum atomic E-state index is 12.8. The van der Waals surface area contributed by atoms with E-state index >= 15 is 0 Å². The van der Waals surface area contributed by atoms with E-state index < -0.39 is 11.8 Å². The molecule has 0 spiro atoms. The zero-order valence-corrected chi connectivity index (χ0v) is 8.62. The number of carboxylic acid groups (broad SMARTS) is 1. The van der Waals surface area contributed by atoms with Gasteiger partial charge in [0.1, 0.15) is 5.69 Å². The SMILES string of the molecule is O=C(O)C(F)=Cc1cnn(-c2ccccc2)n1. The largest absolute Gasteiger partial charge is 0.476 e. The fraction of sp³-hybridized carbons (Fsp3) is 0. The molecule has 0 amide bonds. The van der Waals surface area contributed by atoms with Crippen molar-refractivity contribution in [3.8, 4) is 5.69 Å². The number of nitrogens with zero attached hydrogens (tertiary/aromatic N) is 3. The minimum absolute atomic E-state index is 0.147. The summed E-state index contributed by atoms with van der Waals surface area (Å²) in [5.41, 5.74) is 0.858. The van der Waals surface area contributed by atoms with Crippen molar-refractivity contribution in [1.29, 1.82) is 0 Å². The van der Waals surface area contributed by atoms with Gasteiger partial charge < -0.3 is 5.11 Å². The fourth-order valence-electron chi connectivity index (χ4n) is 1.22. The quantitative estimate of drug-likeness (QED) is 0.818. The van der Waals surface area contributed by atoms with Crippen molar-refractivity contribution in [2.24, 2.45) is 0 Å². The molecule has 6 heteroatoms. The number of halogens is 1. The van der Waals surface area contributed by atoms with Crippen LogP contribution in [0.4, 0.5) is 4.39 Å². The van der Waals surface area contributed by atoms with Crippen molar-refractivity contribution < 1.29 is 14.3 Å². The number of carbonyl (C=O) groups is 1. The molecule has 0 bridgehead atoms. The van der Waals surface area contributed by atoms with Crippen molar-refractivity contribution in [2.45, 2.75) is 0 Å². The van der Waals surface area contributed by atoms with Gasteiger partial charge in [-0.3, -0.25) is 0 Å². The van der Waals surface area contributed by atoms with Gasteiger partial charge in [-0.25, -0.2) is 4.79 Å². The number of aliphatic carboxylic acids is 1. The second-order valence-electron chi connectivity index (χ2n) is 3.19. The maximum absolute atomic E-state index is 12.8. The molecule has 0 atom stereocenters. The Balaban J connectivity index is 2.29. The maximum Gasteiger partial charge on any atom is 0.364 e. The highest BCUT2D eigenvalue weighted by Gasteiger charge is 2.07. The van der Waals surface area contributed by atoms with Crippen LogP contribution in [0.2, 0.25) is 0 Å². The molecule has 0 aliphatic carbocycles. The molecular weight excluding hydrogens is 225 g/mol. The van der Waals surface area contributed by atoms with Gasteiger partial charge in [0.25, 0.3) is 0 Å². The first-order valence-corrected chi connectivity index (χ1v) is 4.75. The number of benzene rings is 1. The lowest BCUT2D eigenvalue weighted by molar-refractivity contribution is -0.134. The van der Waals surface area contributed by atoms with E-state index in [0.717, 1.165) is 6.08 Å².